The smallest absolute Gasteiger partial charge is 0.219 e. The first-order chi connectivity index (χ1) is 13.5. The van der Waals surface area contributed by atoms with Crippen LogP contribution in [-0.2, 0) is 20.1 Å². The Morgan fingerprint density at radius 3 is 2.75 bits per heavy atom. The molecule has 28 heavy (non-hydrogen) atoms. The van der Waals surface area contributed by atoms with Crippen LogP contribution >= 0.6 is 0 Å². The highest BCUT2D eigenvalue weighted by Crippen LogP contribution is 2.20. The highest BCUT2D eigenvalue weighted by Gasteiger charge is 2.08. The van der Waals surface area contributed by atoms with Crippen LogP contribution in [0.4, 0.5) is 4.39 Å². The van der Waals surface area contributed by atoms with Gasteiger partial charge in [-0.1, -0.05) is 12.1 Å². The highest BCUT2D eigenvalue weighted by molar-refractivity contribution is 5.79. The standard InChI is InChI=1S/C21H24FN5O/c1-23-21(27(3)15-18-7-5-11-26(18)2)25-14-16-9-10-20(24-13-16)28-19-8-4-6-17(22)12-19/h4-13H,14-15H2,1-3H3,(H,23,25). The number of nitrogens with one attached hydrogen (secondary N) is 1. The van der Waals surface area contributed by atoms with E-state index >= 15 is 0 Å². The molecule has 3 rings (SSSR count). The fourth-order valence-corrected chi connectivity index (χ4v) is 2.77. The molecule has 2 heterocycles. The minimum Gasteiger partial charge on any atom is -0.439 e. The molecule has 0 aliphatic carbocycles. The number of guanidine groups is 1. The molecular weight excluding hydrogens is 357 g/mol. The number of rotatable bonds is 6. The zero-order chi connectivity index (χ0) is 19.9. The van der Waals surface area contributed by atoms with Crippen molar-refractivity contribution in [2.45, 2.75) is 13.1 Å². The zero-order valence-electron chi connectivity index (χ0n) is 16.3. The molecule has 0 bridgehead atoms. The Hall–Kier alpha value is -3.35. The molecule has 0 aliphatic rings. The van der Waals surface area contributed by atoms with Crippen LogP contribution in [-0.4, -0.2) is 34.5 Å². The first-order valence-electron chi connectivity index (χ1n) is 8.95. The van der Waals surface area contributed by atoms with Gasteiger partial charge in [-0.3, -0.25) is 4.99 Å². The summed E-state index contributed by atoms with van der Waals surface area (Å²) in [7, 11) is 5.78. The Labute approximate surface area is 164 Å². The first-order valence-corrected chi connectivity index (χ1v) is 8.95. The Balaban J connectivity index is 1.55. The van der Waals surface area contributed by atoms with Gasteiger partial charge in [0.15, 0.2) is 5.96 Å². The van der Waals surface area contributed by atoms with Gasteiger partial charge in [-0.25, -0.2) is 9.37 Å². The molecule has 0 aliphatic heterocycles. The van der Waals surface area contributed by atoms with Crippen molar-refractivity contribution in [1.29, 1.82) is 0 Å². The molecule has 1 N–H and O–H groups in total. The van der Waals surface area contributed by atoms with E-state index < -0.39 is 0 Å². The van der Waals surface area contributed by atoms with Gasteiger partial charge in [0.2, 0.25) is 5.88 Å². The van der Waals surface area contributed by atoms with Gasteiger partial charge in [0.1, 0.15) is 11.6 Å². The van der Waals surface area contributed by atoms with E-state index in [0.29, 0.717) is 18.2 Å². The van der Waals surface area contributed by atoms with Crippen molar-refractivity contribution in [1.82, 2.24) is 19.8 Å². The van der Waals surface area contributed by atoms with Crippen molar-refractivity contribution in [3.8, 4) is 11.6 Å². The van der Waals surface area contributed by atoms with E-state index in [4.69, 9.17) is 4.74 Å². The SMILES string of the molecule is CN=C(NCc1ccc(Oc2cccc(F)c2)nc1)N(C)Cc1cccn1C. The summed E-state index contributed by atoms with van der Waals surface area (Å²) in [6, 6.07) is 13.8. The van der Waals surface area contributed by atoms with Gasteiger partial charge in [-0.15, -0.1) is 0 Å². The summed E-state index contributed by atoms with van der Waals surface area (Å²) in [5.74, 6) is 1.28. The molecule has 0 atom stereocenters. The number of nitrogens with zero attached hydrogens (tertiary/aromatic N) is 4. The molecular formula is C21H24FN5O. The van der Waals surface area contributed by atoms with E-state index in [1.54, 1.807) is 31.4 Å². The van der Waals surface area contributed by atoms with E-state index in [0.717, 1.165) is 18.1 Å². The number of hydrogen-bond acceptors (Lipinski definition) is 3. The van der Waals surface area contributed by atoms with E-state index in [1.807, 2.05) is 32.4 Å². The van der Waals surface area contributed by atoms with Gasteiger partial charge in [0.25, 0.3) is 0 Å². The molecule has 0 spiro atoms. The van der Waals surface area contributed by atoms with Crippen LogP contribution in [0.3, 0.4) is 0 Å². The molecule has 6 nitrogen and oxygen atoms in total. The van der Waals surface area contributed by atoms with Crippen LogP contribution in [0.1, 0.15) is 11.3 Å². The molecule has 3 aromatic rings. The summed E-state index contributed by atoms with van der Waals surface area (Å²) in [6.45, 7) is 1.33. The lowest BCUT2D eigenvalue weighted by atomic mass is 10.3. The molecule has 7 heteroatoms. The summed E-state index contributed by atoms with van der Waals surface area (Å²) >= 11 is 0. The van der Waals surface area contributed by atoms with Crippen LogP contribution in [0, 0.1) is 5.82 Å². The van der Waals surface area contributed by atoms with Crippen molar-refractivity contribution < 1.29 is 9.13 Å². The molecule has 146 valence electrons. The lowest BCUT2D eigenvalue weighted by Gasteiger charge is -2.22. The van der Waals surface area contributed by atoms with Crippen LogP contribution in [0.15, 0.2) is 65.9 Å². The molecule has 0 saturated carbocycles. The third-order valence-corrected chi connectivity index (χ3v) is 4.29. The number of pyridine rings is 1. The van der Waals surface area contributed by atoms with E-state index in [9.17, 15) is 4.39 Å². The molecule has 0 fully saturated rings. The maximum Gasteiger partial charge on any atom is 0.219 e. The second kappa shape index (κ2) is 9.03. The van der Waals surface area contributed by atoms with Gasteiger partial charge in [0.05, 0.1) is 6.54 Å². The maximum absolute atomic E-state index is 13.2. The first kappa shape index (κ1) is 19.4. The average molecular weight is 381 g/mol. The number of aromatic nitrogens is 2. The van der Waals surface area contributed by atoms with Crippen molar-refractivity contribution in [2.75, 3.05) is 14.1 Å². The van der Waals surface area contributed by atoms with Gasteiger partial charge in [-0.2, -0.15) is 0 Å². The number of hydrogen-bond donors (Lipinski definition) is 1. The maximum atomic E-state index is 13.2. The Bertz CT molecular complexity index is 936. The van der Waals surface area contributed by atoms with Crippen LogP contribution < -0.4 is 10.1 Å². The van der Waals surface area contributed by atoms with Crippen molar-refractivity contribution in [3.63, 3.8) is 0 Å². The van der Waals surface area contributed by atoms with Gasteiger partial charge >= 0.3 is 0 Å². The average Bonchev–Trinajstić information content (AvgIpc) is 3.08. The van der Waals surface area contributed by atoms with E-state index in [1.165, 1.54) is 17.8 Å². The molecule has 0 saturated heterocycles. The third kappa shape index (κ3) is 5.09. The predicted octanol–water partition coefficient (Wildman–Crippen LogP) is 3.56. The number of halogens is 1. The lowest BCUT2D eigenvalue weighted by molar-refractivity contribution is 0.456. The van der Waals surface area contributed by atoms with E-state index in [-0.39, 0.29) is 5.82 Å². The monoisotopic (exact) mass is 381 g/mol. The van der Waals surface area contributed by atoms with Crippen LogP contribution in [0.25, 0.3) is 0 Å². The third-order valence-electron chi connectivity index (χ3n) is 4.29. The molecule has 1 aromatic carbocycles. The number of ether oxygens (including phenoxy) is 1. The lowest BCUT2D eigenvalue weighted by Crippen LogP contribution is -2.38. The Morgan fingerprint density at radius 2 is 2.11 bits per heavy atom. The summed E-state index contributed by atoms with van der Waals surface area (Å²) in [5.41, 5.74) is 2.19. The predicted molar refractivity (Wildman–Crippen MR) is 108 cm³/mol. The van der Waals surface area contributed by atoms with Crippen molar-refractivity contribution in [3.05, 3.63) is 78.0 Å². The summed E-state index contributed by atoms with van der Waals surface area (Å²) in [5, 5.41) is 3.33. The molecule has 0 amide bonds. The van der Waals surface area contributed by atoms with Crippen molar-refractivity contribution in [2.24, 2.45) is 12.0 Å². The zero-order valence-corrected chi connectivity index (χ0v) is 16.3. The molecule has 2 aromatic heterocycles. The van der Waals surface area contributed by atoms with Crippen molar-refractivity contribution >= 4 is 5.96 Å². The van der Waals surface area contributed by atoms with Crippen LogP contribution in [0.2, 0.25) is 0 Å². The minimum absolute atomic E-state index is 0.343. The summed E-state index contributed by atoms with van der Waals surface area (Å²) in [6.07, 6.45) is 3.75. The quantitative estimate of drug-likeness (QED) is 0.524. The van der Waals surface area contributed by atoms with Gasteiger partial charge < -0.3 is 19.5 Å². The minimum atomic E-state index is -0.343. The highest BCUT2D eigenvalue weighted by atomic mass is 19.1. The Kier molecular flexibility index (Phi) is 6.26. The fraction of sp³-hybridized carbons (Fsp3) is 0.238. The normalized spacial score (nSPS) is 11.4. The largest absolute Gasteiger partial charge is 0.439 e. The number of aryl methyl sites for hydroxylation is 1. The second-order valence-corrected chi connectivity index (χ2v) is 6.43. The van der Waals surface area contributed by atoms with Gasteiger partial charge in [-0.05, 0) is 29.8 Å². The summed E-state index contributed by atoms with van der Waals surface area (Å²) in [4.78, 5) is 10.7. The van der Waals surface area contributed by atoms with Crippen LogP contribution in [0.5, 0.6) is 11.6 Å². The fourth-order valence-electron chi connectivity index (χ4n) is 2.77. The van der Waals surface area contributed by atoms with Gasteiger partial charge in [0, 0.05) is 57.9 Å². The molecule has 0 radical (unpaired) electrons. The number of benzene rings is 1. The Morgan fingerprint density at radius 1 is 1.25 bits per heavy atom. The topological polar surface area (TPSA) is 54.7 Å². The molecule has 0 unspecified atom stereocenters. The summed E-state index contributed by atoms with van der Waals surface area (Å²) < 4.78 is 20.9. The van der Waals surface area contributed by atoms with E-state index in [2.05, 4.69) is 30.8 Å². The number of aliphatic imine (C=N–C) groups is 1. The second-order valence-electron chi connectivity index (χ2n) is 6.43.